The molecule has 0 bridgehead atoms. The third-order valence-corrected chi connectivity index (χ3v) is 3.40. The maximum Gasteiger partial charge on any atom is 0.159 e. The van der Waals surface area contributed by atoms with Crippen molar-refractivity contribution in [2.24, 2.45) is 0 Å². The standard InChI is InChI=1S/C18H21NO2/c1-15(20)18(21)14-19(12-16-8-4-2-5-9-16)13-17-10-6-3-7-11-17/h2-11,18,21H,12-14H2,1H3/t18-/m0/s1. The Kier molecular flexibility index (Phi) is 5.67. The average molecular weight is 283 g/mol. The number of hydrogen-bond acceptors (Lipinski definition) is 3. The first-order valence-electron chi connectivity index (χ1n) is 7.14. The Morgan fingerprint density at radius 2 is 1.38 bits per heavy atom. The van der Waals surface area contributed by atoms with E-state index < -0.39 is 6.10 Å². The molecule has 110 valence electrons. The third-order valence-electron chi connectivity index (χ3n) is 3.40. The number of nitrogens with zero attached hydrogens (tertiary/aromatic N) is 1. The summed E-state index contributed by atoms with van der Waals surface area (Å²) in [4.78, 5) is 13.4. The second-order valence-electron chi connectivity index (χ2n) is 5.27. The van der Waals surface area contributed by atoms with E-state index in [0.717, 1.165) is 0 Å². The van der Waals surface area contributed by atoms with Gasteiger partial charge in [-0.2, -0.15) is 0 Å². The van der Waals surface area contributed by atoms with Gasteiger partial charge in [0.2, 0.25) is 0 Å². The molecule has 0 spiro atoms. The topological polar surface area (TPSA) is 40.5 Å². The van der Waals surface area contributed by atoms with Crippen molar-refractivity contribution in [2.45, 2.75) is 26.1 Å². The number of hydrogen-bond donors (Lipinski definition) is 1. The predicted molar refractivity (Wildman–Crippen MR) is 83.7 cm³/mol. The minimum absolute atomic E-state index is 0.193. The molecule has 0 aliphatic heterocycles. The number of aliphatic hydroxyl groups excluding tert-OH is 1. The van der Waals surface area contributed by atoms with Gasteiger partial charge in [-0.3, -0.25) is 9.69 Å². The van der Waals surface area contributed by atoms with Crippen LogP contribution in [0.2, 0.25) is 0 Å². The smallest absolute Gasteiger partial charge is 0.159 e. The van der Waals surface area contributed by atoms with Crippen LogP contribution in [0, 0.1) is 0 Å². The summed E-state index contributed by atoms with van der Waals surface area (Å²) in [5.41, 5.74) is 2.34. The molecule has 0 aromatic heterocycles. The Morgan fingerprint density at radius 3 is 1.76 bits per heavy atom. The van der Waals surface area contributed by atoms with Crippen LogP contribution in [0.5, 0.6) is 0 Å². The highest BCUT2D eigenvalue weighted by molar-refractivity contribution is 5.80. The number of benzene rings is 2. The molecule has 0 saturated carbocycles. The van der Waals surface area contributed by atoms with Crippen molar-refractivity contribution < 1.29 is 9.90 Å². The van der Waals surface area contributed by atoms with Gasteiger partial charge >= 0.3 is 0 Å². The molecular weight excluding hydrogens is 262 g/mol. The second-order valence-corrected chi connectivity index (χ2v) is 5.27. The third kappa shape index (κ3) is 5.14. The maximum absolute atomic E-state index is 11.3. The van der Waals surface area contributed by atoms with Gasteiger partial charge < -0.3 is 5.11 Å². The molecule has 0 amide bonds. The lowest BCUT2D eigenvalue weighted by Gasteiger charge is -2.24. The van der Waals surface area contributed by atoms with Crippen molar-refractivity contribution in [3.8, 4) is 0 Å². The van der Waals surface area contributed by atoms with Crippen LogP contribution in [-0.4, -0.2) is 28.4 Å². The zero-order valence-electron chi connectivity index (χ0n) is 12.3. The van der Waals surface area contributed by atoms with Crippen LogP contribution in [0.4, 0.5) is 0 Å². The highest BCUT2D eigenvalue weighted by atomic mass is 16.3. The molecule has 0 unspecified atom stereocenters. The van der Waals surface area contributed by atoms with E-state index in [-0.39, 0.29) is 5.78 Å². The van der Waals surface area contributed by atoms with Gasteiger partial charge in [-0.25, -0.2) is 0 Å². The second kappa shape index (κ2) is 7.72. The summed E-state index contributed by atoms with van der Waals surface area (Å²) in [5.74, 6) is -0.193. The molecule has 2 aromatic rings. The Hall–Kier alpha value is -1.97. The lowest BCUT2D eigenvalue weighted by molar-refractivity contribution is -0.126. The van der Waals surface area contributed by atoms with Gasteiger partial charge in [-0.1, -0.05) is 60.7 Å². The zero-order chi connectivity index (χ0) is 15.1. The summed E-state index contributed by atoms with van der Waals surface area (Å²) in [7, 11) is 0. The normalized spacial score (nSPS) is 12.3. The van der Waals surface area contributed by atoms with E-state index in [2.05, 4.69) is 29.2 Å². The number of rotatable bonds is 7. The maximum atomic E-state index is 11.3. The van der Waals surface area contributed by atoms with Crippen LogP contribution in [0.1, 0.15) is 18.1 Å². The molecule has 2 aromatic carbocycles. The van der Waals surface area contributed by atoms with Gasteiger partial charge in [0, 0.05) is 19.6 Å². The van der Waals surface area contributed by atoms with Crippen LogP contribution in [0.15, 0.2) is 60.7 Å². The first-order chi connectivity index (χ1) is 10.1. The molecule has 1 N–H and O–H groups in total. The SMILES string of the molecule is CC(=O)[C@@H](O)CN(Cc1ccccc1)Cc1ccccc1. The van der Waals surface area contributed by atoms with Crippen LogP contribution in [0.3, 0.4) is 0 Å². The van der Waals surface area contributed by atoms with Crippen molar-refractivity contribution in [3.63, 3.8) is 0 Å². The molecule has 3 heteroatoms. The number of aliphatic hydroxyl groups is 1. The molecule has 0 radical (unpaired) electrons. The van der Waals surface area contributed by atoms with Crippen LogP contribution in [-0.2, 0) is 17.9 Å². The van der Waals surface area contributed by atoms with E-state index >= 15 is 0 Å². The van der Waals surface area contributed by atoms with Gasteiger partial charge in [0.25, 0.3) is 0 Å². The largest absolute Gasteiger partial charge is 0.384 e. The van der Waals surface area contributed by atoms with Crippen molar-refractivity contribution in [2.75, 3.05) is 6.54 Å². The lowest BCUT2D eigenvalue weighted by atomic mass is 10.1. The Morgan fingerprint density at radius 1 is 0.952 bits per heavy atom. The number of carbonyl (C=O) groups is 1. The summed E-state index contributed by atoms with van der Waals surface area (Å²) >= 11 is 0. The molecule has 2 rings (SSSR count). The first-order valence-corrected chi connectivity index (χ1v) is 7.14. The van der Waals surface area contributed by atoms with Crippen molar-refractivity contribution in [3.05, 3.63) is 71.8 Å². The quantitative estimate of drug-likeness (QED) is 0.849. The van der Waals surface area contributed by atoms with E-state index in [0.29, 0.717) is 19.6 Å². The molecular formula is C18H21NO2. The minimum Gasteiger partial charge on any atom is -0.384 e. The first kappa shape index (κ1) is 15.4. The summed E-state index contributed by atoms with van der Waals surface area (Å²) in [6.45, 7) is 3.19. The Balaban J connectivity index is 2.08. The molecule has 0 aliphatic carbocycles. The highest BCUT2D eigenvalue weighted by Gasteiger charge is 2.16. The monoisotopic (exact) mass is 283 g/mol. The van der Waals surface area contributed by atoms with Crippen LogP contribution in [0.25, 0.3) is 0 Å². The lowest BCUT2D eigenvalue weighted by Crippen LogP contribution is -2.35. The van der Waals surface area contributed by atoms with Gasteiger partial charge in [-0.15, -0.1) is 0 Å². The number of carbonyl (C=O) groups excluding carboxylic acids is 1. The summed E-state index contributed by atoms with van der Waals surface area (Å²) < 4.78 is 0. The molecule has 1 atom stereocenters. The van der Waals surface area contributed by atoms with E-state index in [1.807, 2.05) is 36.4 Å². The summed E-state index contributed by atoms with van der Waals surface area (Å²) in [6.07, 6.45) is -0.933. The van der Waals surface area contributed by atoms with Gasteiger partial charge in [0.1, 0.15) is 6.10 Å². The Labute approximate surface area is 125 Å². The highest BCUT2D eigenvalue weighted by Crippen LogP contribution is 2.11. The Bertz CT molecular complexity index is 512. The van der Waals surface area contributed by atoms with Crippen molar-refractivity contribution in [1.82, 2.24) is 4.90 Å². The molecule has 3 nitrogen and oxygen atoms in total. The zero-order valence-corrected chi connectivity index (χ0v) is 12.3. The molecule has 21 heavy (non-hydrogen) atoms. The molecule has 0 saturated heterocycles. The minimum atomic E-state index is -0.933. The fraction of sp³-hybridized carbons (Fsp3) is 0.278. The van der Waals surface area contributed by atoms with E-state index in [9.17, 15) is 9.90 Å². The van der Waals surface area contributed by atoms with E-state index in [4.69, 9.17) is 0 Å². The van der Waals surface area contributed by atoms with Crippen molar-refractivity contribution >= 4 is 5.78 Å². The number of Topliss-reactive ketones (excluding diaryl/α,β-unsaturated/α-hetero) is 1. The predicted octanol–water partition coefficient (Wildman–Crippen LogP) is 2.64. The molecule has 0 aliphatic rings. The molecule has 0 fully saturated rings. The van der Waals surface area contributed by atoms with Crippen molar-refractivity contribution in [1.29, 1.82) is 0 Å². The van der Waals surface area contributed by atoms with Crippen LogP contribution < -0.4 is 0 Å². The number of ketones is 1. The molecule has 0 heterocycles. The van der Waals surface area contributed by atoms with E-state index in [1.54, 1.807) is 0 Å². The van der Waals surface area contributed by atoms with Gasteiger partial charge in [0.05, 0.1) is 0 Å². The average Bonchev–Trinajstić information content (AvgIpc) is 2.49. The van der Waals surface area contributed by atoms with E-state index in [1.165, 1.54) is 18.1 Å². The fourth-order valence-electron chi connectivity index (χ4n) is 2.24. The fourth-order valence-corrected chi connectivity index (χ4v) is 2.24. The van der Waals surface area contributed by atoms with Gasteiger partial charge in [-0.05, 0) is 18.1 Å². The van der Waals surface area contributed by atoms with Gasteiger partial charge in [0.15, 0.2) is 5.78 Å². The van der Waals surface area contributed by atoms with Crippen LogP contribution >= 0.6 is 0 Å². The summed E-state index contributed by atoms with van der Waals surface area (Å²) in [5, 5.41) is 9.86. The summed E-state index contributed by atoms with van der Waals surface area (Å²) in [6, 6.07) is 20.2.